The summed E-state index contributed by atoms with van der Waals surface area (Å²) in [5.74, 6) is 1.61. The van der Waals surface area contributed by atoms with Gasteiger partial charge in [-0.25, -0.2) is 4.99 Å². The lowest BCUT2D eigenvalue weighted by Crippen LogP contribution is -2.36. The van der Waals surface area contributed by atoms with Gasteiger partial charge in [0.25, 0.3) is 5.91 Å². The fourth-order valence-corrected chi connectivity index (χ4v) is 2.59. The molecular weight excluding hydrogens is 499 g/mol. The molecule has 0 saturated carbocycles. The van der Waals surface area contributed by atoms with E-state index in [1.54, 1.807) is 19.2 Å². The van der Waals surface area contributed by atoms with Crippen molar-refractivity contribution in [1.82, 2.24) is 10.6 Å². The molecule has 0 radical (unpaired) electrons. The van der Waals surface area contributed by atoms with Crippen molar-refractivity contribution in [1.29, 1.82) is 0 Å². The Morgan fingerprint density at radius 2 is 2.00 bits per heavy atom. The zero-order chi connectivity index (χ0) is 21.1. The molecule has 4 N–H and O–H groups in total. The molecular formula is C21H31IN4O4. The van der Waals surface area contributed by atoms with Crippen molar-refractivity contribution >= 4 is 35.8 Å². The first-order valence-electron chi connectivity index (χ1n) is 9.65. The highest BCUT2D eigenvalue weighted by Gasteiger charge is 2.08. The second-order valence-electron chi connectivity index (χ2n) is 6.48. The summed E-state index contributed by atoms with van der Waals surface area (Å²) in [6.45, 7) is 6.83. The van der Waals surface area contributed by atoms with Crippen LogP contribution in [0.1, 0.15) is 40.8 Å². The molecule has 0 bridgehead atoms. The molecule has 8 nitrogen and oxygen atoms in total. The zero-order valence-corrected chi connectivity index (χ0v) is 20.0. The zero-order valence-electron chi connectivity index (χ0n) is 17.7. The van der Waals surface area contributed by atoms with E-state index in [4.69, 9.17) is 19.6 Å². The van der Waals surface area contributed by atoms with Crippen LogP contribution in [-0.2, 0) is 17.8 Å². The quantitative estimate of drug-likeness (QED) is 0.178. The molecule has 0 atom stereocenters. The van der Waals surface area contributed by atoms with Crippen LogP contribution in [0.15, 0.2) is 39.7 Å². The number of aryl methyl sites for hydroxylation is 1. The van der Waals surface area contributed by atoms with E-state index in [1.807, 2.05) is 32.0 Å². The Morgan fingerprint density at radius 1 is 1.20 bits per heavy atom. The van der Waals surface area contributed by atoms with E-state index in [0.717, 1.165) is 23.3 Å². The first-order chi connectivity index (χ1) is 14.0. The van der Waals surface area contributed by atoms with E-state index in [9.17, 15) is 4.79 Å². The van der Waals surface area contributed by atoms with Crippen molar-refractivity contribution in [2.24, 2.45) is 10.7 Å². The smallest absolute Gasteiger partial charge is 0.284 e. The van der Waals surface area contributed by atoms with E-state index in [-0.39, 0.29) is 29.7 Å². The van der Waals surface area contributed by atoms with Gasteiger partial charge >= 0.3 is 0 Å². The molecule has 0 aliphatic rings. The van der Waals surface area contributed by atoms with Gasteiger partial charge in [-0.2, -0.15) is 0 Å². The van der Waals surface area contributed by atoms with E-state index in [0.29, 0.717) is 44.6 Å². The minimum atomic E-state index is -0.589. The van der Waals surface area contributed by atoms with Crippen molar-refractivity contribution in [3.05, 3.63) is 53.0 Å². The molecule has 1 aromatic carbocycles. The molecule has 2 rings (SSSR count). The first-order valence-corrected chi connectivity index (χ1v) is 9.65. The molecule has 1 aromatic heterocycles. The second-order valence-corrected chi connectivity index (χ2v) is 6.48. The third kappa shape index (κ3) is 8.62. The molecule has 166 valence electrons. The number of hydrogen-bond donors (Lipinski definition) is 3. The molecule has 0 aliphatic heterocycles. The maximum atomic E-state index is 11.1. The third-order valence-corrected chi connectivity index (χ3v) is 4.06. The molecule has 30 heavy (non-hydrogen) atoms. The Kier molecular flexibility index (Phi) is 11.9. The van der Waals surface area contributed by atoms with Gasteiger partial charge in [0.1, 0.15) is 11.5 Å². The average molecular weight is 530 g/mol. The SMILES string of the molecule is CCNC(=NCc1ccc(C)cc1OCCCOC)NCc1ccc(C(N)=O)o1.I. The molecule has 0 saturated heterocycles. The summed E-state index contributed by atoms with van der Waals surface area (Å²) in [6.07, 6.45) is 0.827. The highest BCUT2D eigenvalue weighted by atomic mass is 127. The van der Waals surface area contributed by atoms with Crippen LogP contribution in [0.25, 0.3) is 0 Å². The molecule has 0 aliphatic carbocycles. The normalized spacial score (nSPS) is 11.0. The summed E-state index contributed by atoms with van der Waals surface area (Å²) in [7, 11) is 1.68. The van der Waals surface area contributed by atoms with E-state index in [1.165, 1.54) is 0 Å². The van der Waals surface area contributed by atoms with Crippen molar-refractivity contribution in [2.45, 2.75) is 33.4 Å². The van der Waals surface area contributed by atoms with Crippen LogP contribution in [0.2, 0.25) is 0 Å². The standard InChI is InChI=1S/C21H30N4O4.HI/c1-4-23-21(25-14-17-8-9-18(29-17)20(22)26)24-13-16-7-6-15(2)12-19(16)28-11-5-10-27-3;/h6-9,12H,4-5,10-11,13-14H2,1-3H3,(H2,22,26)(H2,23,24,25);1H. The van der Waals surface area contributed by atoms with Crippen LogP contribution in [0.5, 0.6) is 5.75 Å². The molecule has 0 spiro atoms. The van der Waals surface area contributed by atoms with Crippen LogP contribution in [0, 0.1) is 6.92 Å². The van der Waals surface area contributed by atoms with Gasteiger partial charge in [0.15, 0.2) is 11.7 Å². The average Bonchev–Trinajstić information content (AvgIpc) is 3.18. The fraction of sp³-hybridized carbons (Fsp3) is 0.429. The third-order valence-electron chi connectivity index (χ3n) is 4.06. The van der Waals surface area contributed by atoms with Gasteiger partial charge in [-0.15, -0.1) is 24.0 Å². The summed E-state index contributed by atoms with van der Waals surface area (Å²) in [5.41, 5.74) is 7.34. The number of methoxy groups -OCH3 is 1. The number of nitrogens with zero attached hydrogens (tertiary/aromatic N) is 1. The molecule has 2 aromatic rings. The van der Waals surface area contributed by atoms with Crippen LogP contribution in [-0.4, -0.2) is 38.7 Å². The van der Waals surface area contributed by atoms with Crippen molar-refractivity contribution in [2.75, 3.05) is 26.9 Å². The number of benzene rings is 1. The number of hydrogen-bond acceptors (Lipinski definition) is 5. The van der Waals surface area contributed by atoms with Crippen LogP contribution < -0.4 is 21.1 Å². The number of halogens is 1. The summed E-state index contributed by atoms with van der Waals surface area (Å²) in [5, 5.41) is 6.38. The summed E-state index contributed by atoms with van der Waals surface area (Å²) >= 11 is 0. The maximum absolute atomic E-state index is 11.1. The summed E-state index contributed by atoms with van der Waals surface area (Å²) < 4.78 is 16.4. The predicted octanol–water partition coefficient (Wildman–Crippen LogP) is 2.98. The number of guanidine groups is 1. The van der Waals surface area contributed by atoms with Crippen LogP contribution in [0.3, 0.4) is 0 Å². The Bertz CT molecular complexity index is 823. The van der Waals surface area contributed by atoms with Crippen LogP contribution in [0.4, 0.5) is 0 Å². The Labute approximate surface area is 194 Å². The minimum absolute atomic E-state index is 0. The molecule has 0 unspecified atom stereocenters. The maximum Gasteiger partial charge on any atom is 0.284 e. The largest absolute Gasteiger partial charge is 0.493 e. The highest BCUT2D eigenvalue weighted by Crippen LogP contribution is 2.21. The highest BCUT2D eigenvalue weighted by molar-refractivity contribution is 14.0. The van der Waals surface area contributed by atoms with Gasteiger partial charge in [-0.1, -0.05) is 12.1 Å². The second kappa shape index (κ2) is 13.9. The topological polar surface area (TPSA) is 111 Å². The van der Waals surface area contributed by atoms with Gasteiger partial charge in [0.2, 0.25) is 0 Å². The molecule has 1 heterocycles. The number of nitrogens with two attached hydrogens (primary N) is 1. The molecule has 9 heteroatoms. The van der Waals surface area contributed by atoms with Gasteiger partial charge in [-0.3, -0.25) is 4.79 Å². The number of aliphatic imine (C=N–C) groups is 1. The summed E-state index contributed by atoms with van der Waals surface area (Å²) in [4.78, 5) is 15.8. The van der Waals surface area contributed by atoms with Crippen molar-refractivity contribution in [3.8, 4) is 5.75 Å². The van der Waals surface area contributed by atoms with E-state index < -0.39 is 5.91 Å². The van der Waals surface area contributed by atoms with Gasteiger partial charge < -0.3 is 30.3 Å². The number of carbonyl (C=O) groups is 1. The Hall–Kier alpha value is -2.27. The van der Waals surface area contributed by atoms with Gasteiger partial charge in [-0.05, 0) is 37.6 Å². The minimum Gasteiger partial charge on any atom is -0.493 e. The Morgan fingerprint density at radius 3 is 2.67 bits per heavy atom. The lowest BCUT2D eigenvalue weighted by atomic mass is 10.1. The number of primary amides is 1. The number of carbonyl (C=O) groups excluding carboxylic acids is 1. The van der Waals surface area contributed by atoms with E-state index >= 15 is 0 Å². The van der Waals surface area contributed by atoms with Crippen LogP contribution >= 0.6 is 24.0 Å². The monoisotopic (exact) mass is 530 g/mol. The number of nitrogens with one attached hydrogen (secondary N) is 2. The Balaban J connectivity index is 0.00000450. The number of amides is 1. The van der Waals surface area contributed by atoms with Crippen molar-refractivity contribution < 1.29 is 18.7 Å². The lowest BCUT2D eigenvalue weighted by molar-refractivity contribution is 0.0972. The van der Waals surface area contributed by atoms with E-state index in [2.05, 4.69) is 15.6 Å². The fourth-order valence-electron chi connectivity index (χ4n) is 2.59. The number of ether oxygens (including phenoxy) is 2. The first kappa shape index (κ1) is 25.8. The lowest BCUT2D eigenvalue weighted by Gasteiger charge is -2.13. The predicted molar refractivity (Wildman–Crippen MR) is 127 cm³/mol. The number of furan rings is 1. The summed E-state index contributed by atoms with van der Waals surface area (Å²) in [6, 6.07) is 9.36. The molecule has 1 amide bonds. The molecule has 0 fully saturated rings. The number of rotatable bonds is 11. The van der Waals surface area contributed by atoms with Gasteiger partial charge in [0, 0.05) is 32.2 Å². The van der Waals surface area contributed by atoms with Crippen molar-refractivity contribution in [3.63, 3.8) is 0 Å². The van der Waals surface area contributed by atoms with Gasteiger partial charge in [0.05, 0.1) is 19.7 Å².